The molecular formula is C11H22N2O3. The van der Waals surface area contributed by atoms with Crippen molar-refractivity contribution in [1.29, 1.82) is 0 Å². The first-order chi connectivity index (χ1) is 7.61. The molecule has 1 atom stereocenters. The molecule has 16 heavy (non-hydrogen) atoms. The number of nitrogens with two attached hydrogens (primary N) is 1. The van der Waals surface area contributed by atoms with Crippen LogP contribution in [0.4, 0.5) is 0 Å². The summed E-state index contributed by atoms with van der Waals surface area (Å²) in [6.07, 6.45) is 1.20. The van der Waals surface area contributed by atoms with Gasteiger partial charge < -0.3 is 20.5 Å². The van der Waals surface area contributed by atoms with Crippen molar-refractivity contribution in [2.45, 2.75) is 38.3 Å². The van der Waals surface area contributed by atoms with Crippen LogP contribution in [0.25, 0.3) is 0 Å². The standard InChI is InChI=1S/C11H22N2O3/c1-3-11(12,4-2)8-13-10(14)9-7-15-5-6-16-9/h9H,3-8,12H2,1-2H3,(H,13,14). The summed E-state index contributed by atoms with van der Waals surface area (Å²) in [5.74, 6) is -0.128. The molecule has 5 heteroatoms. The summed E-state index contributed by atoms with van der Waals surface area (Å²) < 4.78 is 10.5. The van der Waals surface area contributed by atoms with Crippen molar-refractivity contribution in [3.05, 3.63) is 0 Å². The minimum Gasteiger partial charge on any atom is -0.376 e. The van der Waals surface area contributed by atoms with Gasteiger partial charge in [0.15, 0.2) is 6.10 Å². The molecule has 0 aromatic carbocycles. The van der Waals surface area contributed by atoms with Gasteiger partial charge in [-0.3, -0.25) is 4.79 Å². The number of hydrogen-bond donors (Lipinski definition) is 2. The first-order valence-electron chi connectivity index (χ1n) is 5.87. The lowest BCUT2D eigenvalue weighted by molar-refractivity contribution is -0.147. The lowest BCUT2D eigenvalue weighted by atomic mass is 9.94. The van der Waals surface area contributed by atoms with Gasteiger partial charge >= 0.3 is 0 Å². The number of nitrogens with one attached hydrogen (secondary N) is 1. The van der Waals surface area contributed by atoms with E-state index in [0.29, 0.717) is 26.4 Å². The number of hydrogen-bond acceptors (Lipinski definition) is 4. The van der Waals surface area contributed by atoms with Crippen LogP contribution >= 0.6 is 0 Å². The molecule has 0 spiro atoms. The Kier molecular flexibility index (Phi) is 5.18. The summed E-state index contributed by atoms with van der Waals surface area (Å²) in [4.78, 5) is 11.7. The zero-order chi connectivity index (χ0) is 12.0. The summed E-state index contributed by atoms with van der Waals surface area (Å²) in [5.41, 5.74) is 5.77. The number of carbonyl (C=O) groups excluding carboxylic acids is 1. The first-order valence-corrected chi connectivity index (χ1v) is 5.87. The summed E-state index contributed by atoms with van der Waals surface area (Å²) in [5, 5.41) is 2.83. The van der Waals surface area contributed by atoms with E-state index in [4.69, 9.17) is 15.2 Å². The average molecular weight is 230 g/mol. The van der Waals surface area contributed by atoms with Gasteiger partial charge in [0, 0.05) is 12.1 Å². The van der Waals surface area contributed by atoms with Gasteiger partial charge in [0.1, 0.15) is 0 Å². The molecule has 1 saturated heterocycles. The van der Waals surface area contributed by atoms with Crippen LogP contribution in [0.2, 0.25) is 0 Å². The molecule has 0 saturated carbocycles. The van der Waals surface area contributed by atoms with Gasteiger partial charge in [-0.05, 0) is 12.8 Å². The predicted molar refractivity (Wildman–Crippen MR) is 61.1 cm³/mol. The molecule has 0 aliphatic carbocycles. The highest BCUT2D eigenvalue weighted by Gasteiger charge is 2.26. The summed E-state index contributed by atoms with van der Waals surface area (Å²) in [6.45, 7) is 5.91. The van der Waals surface area contributed by atoms with E-state index in [1.807, 2.05) is 13.8 Å². The molecule has 0 aromatic heterocycles. The largest absolute Gasteiger partial charge is 0.376 e. The molecule has 0 radical (unpaired) electrons. The van der Waals surface area contributed by atoms with Crippen LogP contribution in [0.3, 0.4) is 0 Å². The molecule has 1 fully saturated rings. The van der Waals surface area contributed by atoms with Gasteiger partial charge in [-0.1, -0.05) is 13.8 Å². The Morgan fingerprint density at radius 2 is 2.12 bits per heavy atom. The van der Waals surface area contributed by atoms with Gasteiger partial charge in [0.25, 0.3) is 5.91 Å². The summed E-state index contributed by atoms with van der Waals surface area (Å²) in [6, 6.07) is 0. The van der Waals surface area contributed by atoms with Gasteiger partial charge in [-0.25, -0.2) is 0 Å². The van der Waals surface area contributed by atoms with Crippen LogP contribution in [0.5, 0.6) is 0 Å². The molecule has 1 rings (SSSR count). The van der Waals surface area contributed by atoms with E-state index in [0.717, 1.165) is 12.8 Å². The van der Waals surface area contributed by atoms with Crippen LogP contribution in [0.15, 0.2) is 0 Å². The van der Waals surface area contributed by atoms with Crippen molar-refractivity contribution in [3.8, 4) is 0 Å². The lowest BCUT2D eigenvalue weighted by Crippen LogP contribution is -2.52. The van der Waals surface area contributed by atoms with Crippen molar-refractivity contribution in [2.75, 3.05) is 26.4 Å². The fourth-order valence-electron chi connectivity index (χ4n) is 1.52. The van der Waals surface area contributed by atoms with Crippen LogP contribution in [-0.2, 0) is 14.3 Å². The topological polar surface area (TPSA) is 73.6 Å². The highest BCUT2D eigenvalue weighted by molar-refractivity contribution is 5.81. The molecule has 0 bridgehead atoms. The van der Waals surface area contributed by atoms with Crippen LogP contribution < -0.4 is 11.1 Å². The minimum atomic E-state index is -0.480. The van der Waals surface area contributed by atoms with Crippen molar-refractivity contribution >= 4 is 5.91 Å². The van der Waals surface area contributed by atoms with Crippen LogP contribution in [0.1, 0.15) is 26.7 Å². The predicted octanol–water partition coefficient (Wildman–Crippen LogP) is 0.0355. The van der Waals surface area contributed by atoms with Crippen molar-refractivity contribution in [2.24, 2.45) is 5.73 Å². The monoisotopic (exact) mass is 230 g/mol. The third kappa shape index (κ3) is 3.73. The number of rotatable bonds is 5. The fraction of sp³-hybridized carbons (Fsp3) is 0.909. The Hall–Kier alpha value is -0.650. The summed E-state index contributed by atoms with van der Waals surface area (Å²) in [7, 11) is 0. The smallest absolute Gasteiger partial charge is 0.251 e. The second-order valence-electron chi connectivity index (χ2n) is 4.22. The normalized spacial score (nSPS) is 21.8. The third-order valence-electron chi connectivity index (χ3n) is 3.13. The Bertz CT molecular complexity index is 223. The number of ether oxygens (including phenoxy) is 2. The second kappa shape index (κ2) is 6.18. The molecule has 1 heterocycles. The Labute approximate surface area is 96.7 Å². The Balaban J connectivity index is 2.33. The lowest BCUT2D eigenvalue weighted by Gasteiger charge is -2.28. The highest BCUT2D eigenvalue weighted by Crippen LogP contribution is 2.10. The van der Waals surface area contributed by atoms with E-state index in [1.54, 1.807) is 0 Å². The third-order valence-corrected chi connectivity index (χ3v) is 3.13. The van der Waals surface area contributed by atoms with Gasteiger partial charge in [0.05, 0.1) is 19.8 Å². The molecule has 1 amide bonds. The maximum absolute atomic E-state index is 11.7. The average Bonchev–Trinajstić information content (AvgIpc) is 2.36. The molecule has 5 nitrogen and oxygen atoms in total. The van der Waals surface area contributed by atoms with Crippen molar-refractivity contribution in [3.63, 3.8) is 0 Å². The summed E-state index contributed by atoms with van der Waals surface area (Å²) >= 11 is 0. The molecule has 1 aliphatic heterocycles. The zero-order valence-electron chi connectivity index (χ0n) is 10.1. The Morgan fingerprint density at radius 3 is 2.62 bits per heavy atom. The van der Waals surface area contributed by atoms with E-state index in [1.165, 1.54) is 0 Å². The van der Waals surface area contributed by atoms with Crippen molar-refractivity contribution < 1.29 is 14.3 Å². The van der Waals surface area contributed by atoms with E-state index in [2.05, 4.69) is 5.32 Å². The van der Waals surface area contributed by atoms with Gasteiger partial charge in [-0.15, -0.1) is 0 Å². The first kappa shape index (κ1) is 13.4. The molecule has 0 aromatic rings. The molecule has 94 valence electrons. The maximum Gasteiger partial charge on any atom is 0.251 e. The SMILES string of the molecule is CCC(N)(CC)CNC(=O)C1COCCO1. The van der Waals surface area contributed by atoms with E-state index < -0.39 is 6.10 Å². The molecule has 1 aliphatic rings. The zero-order valence-corrected chi connectivity index (χ0v) is 10.1. The van der Waals surface area contributed by atoms with Gasteiger partial charge in [0.2, 0.25) is 0 Å². The fourth-order valence-corrected chi connectivity index (χ4v) is 1.52. The van der Waals surface area contributed by atoms with E-state index in [9.17, 15) is 4.79 Å². The molecular weight excluding hydrogens is 208 g/mol. The minimum absolute atomic E-state index is 0.128. The molecule has 1 unspecified atom stereocenters. The number of amides is 1. The number of carbonyl (C=O) groups is 1. The second-order valence-corrected chi connectivity index (χ2v) is 4.22. The molecule has 3 N–H and O–H groups in total. The van der Waals surface area contributed by atoms with Crippen LogP contribution in [0, 0.1) is 0 Å². The van der Waals surface area contributed by atoms with Crippen LogP contribution in [-0.4, -0.2) is 43.9 Å². The quantitative estimate of drug-likeness (QED) is 0.699. The Morgan fingerprint density at radius 1 is 1.44 bits per heavy atom. The maximum atomic E-state index is 11.7. The van der Waals surface area contributed by atoms with E-state index in [-0.39, 0.29) is 11.4 Å². The van der Waals surface area contributed by atoms with Gasteiger partial charge in [-0.2, -0.15) is 0 Å². The highest BCUT2D eigenvalue weighted by atomic mass is 16.6. The van der Waals surface area contributed by atoms with Crippen molar-refractivity contribution in [1.82, 2.24) is 5.32 Å². The van der Waals surface area contributed by atoms with E-state index >= 15 is 0 Å².